The number of fused-ring (bicyclic) bond motifs is 13. The first-order valence-corrected chi connectivity index (χ1v) is 28.6. The molecule has 0 bridgehead atoms. The van der Waals surface area contributed by atoms with Crippen molar-refractivity contribution in [2.45, 2.75) is 207 Å². The monoisotopic (exact) mass is 976 g/mol. The molecule has 380 valence electrons. The number of aromatic nitrogens is 1. The molecular weight excluding hydrogens is 894 g/mol. The molecule has 7 aromatic rings. The fraction of sp³-hybridized carbons (Fsp3) is 0.457. The number of aryl methyl sites for hydroxylation is 1. The summed E-state index contributed by atoms with van der Waals surface area (Å²) in [6.45, 7) is 44.2. The maximum atomic E-state index is 2.83. The van der Waals surface area contributed by atoms with E-state index < -0.39 is 0 Å². The molecule has 6 aromatic carbocycles. The lowest BCUT2D eigenvalue weighted by Crippen LogP contribution is -2.61. The van der Waals surface area contributed by atoms with Crippen molar-refractivity contribution in [2.75, 3.05) is 9.80 Å². The Bertz CT molecular complexity index is 3610. The first-order valence-electron chi connectivity index (χ1n) is 28.6. The van der Waals surface area contributed by atoms with E-state index in [1.54, 1.807) is 0 Å². The minimum Gasteiger partial charge on any atom is -0.334 e. The van der Waals surface area contributed by atoms with Gasteiger partial charge in [0.1, 0.15) is 0 Å². The Morgan fingerprint density at radius 1 is 0.500 bits per heavy atom. The second-order valence-electron chi connectivity index (χ2n) is 29.7. The van der Waals surface area contributed by atoms with Crippen LogP contribution in [0.4, 0.5) is 28.4 Å². The van der Waals surface area contributed by atoms with Crippen LogP contribution in [0.5, 0.6) is 0 Å². The van der Waals surface area contributed by atoms with Crippen LogP contribution in [0.2, 0.25) is 0 Å². The molecule has 0 radical (unpaired) electrons. The molecule has 3 aliphatic carbocycles. The first kappa shape index (κ1) is 48.2. The van der Waals surface area contributed by atoms with Crippen LogP contribution in [0.15, 0.2) is 97.1 Å². The van der Waals surface area contributed by atoms with E-state index in [1.807, 2.05) is 0 Å². The van der Waals surface area contributed by atoms with Crippen molar-refractivity contribution < 1.29 is 0 Å². The molecule has 3 aliphatic heterocycles. The zero-order valence-electron chi connectivity index (χ0n) is 48.4. The van der Waals surface area contributed by atoms with E-state index in [0.717, 1.165) is 0 Å². The molecule has 0 saturated heterocycles. The van der Waals surface area contributed by atoms with Crippen LogP contribution >= 0.6 is 0 Å². The summed E-state index contributed by atoms with van der Waals surface area (Å²) < 4.78 is 2.77. The Balaban J connectivity index is 1.17. The average Bonchev–Trinajstić information content (AvgIpc) is 3.88. The maximum Gasteiger partial charge on any atom is 0.252 e. The Kier molecular flexibility index (Phi) is 9.58. The summed E-state index contributed by atoms with van der Waals surface area (Å²) >= 11 is 0. The minimum atomic E-state index is -0.170. The normalized spacial score (nSPS) is 22.5. The molecule has 3 nitrogen and oxygen atoms in total. The fourth-order valence-electron chi connectivity index (χ4n) is 15.9. The van der Waals surface area contributed by atoms with Gasteiger partial charge >= 0.3 is 0 Å². The fourth-order valence-corrected chi connectivity index (χ4v) is 15.9. The van der Waals surface area contributed by atoms with E-state index in [-0.39, 0.29) is 50.2 Å². The second-order valence-corrected chi connectivity index (χ2v) is 29.7. The van der Waals surface area contributed by atoms with Gasteiger partial charge in [0.15, 0.2) is 0 Å². The van der Waals surface area contributed by atoms with Crippen LogP contribution < -0.4 is 26.2 Å². The number of anilines is 5. The Labute approximate surface area is 445 Å². The van der Waals surface area contributed by atoms with Gasteiger partial charge in [0.25, 0.3) is 6.71 Å². The van der Waals surface area contributed by atoms with Crippen LogP contribution in [0.25, 0.3) is 27.8 Å². The summed E-state index contributed by atoms with van der Waals surface area (Å²) in [5.74, 6) is 0. The predicted octanol–water partition coefficient (Wildman–Crippen LogP) is 16.8. The lowest BCUT2D eigenvalue weighted by atomic mass is 9.33. The number of hydrogen-bond acceptors (Lipinski definition) is 2. The van der Waals surface area contributed by atoms with Gasteiger partial charge in [0, 0.05) is 61.4 Å². The summed E-state index contributed by atoms with van der Waals surface area (Å²) in [7, 11) is 0. The van der Waals surface area contributed by atoms with E-state index >= 15 is 0 Å². The molecule has 13 rings (SSSR count). The van der Waals surface area contributed by atoms with Crippen LogP contribution in [-0.4, -0.2) is 16.8 Å². The largest absolute Gasteiger partial charge is 0.334 e. The molecule has 6 aliphatic rings. The Morgan fingerprint density at radius 2 is 1.14 bits per heavy atom. The highest BCUT2D eigenvalue weighted by atomic mass is 15.3. The number of rotatable bonds is 2. The number of benzene rings is 6. The van der Waals surface area contributed by atoms with Gasteiger partial charge in [0.2, 0.25) is 0 Å². The van der Waals surface area contributed by atoms with Gasteiger partial charge in [-0.3, -0.25) is 0 Å². The molecule has 4 heteroatoms. The molecule has 1 saturated carbocycles. The third-order valence-electron chi connectivity index (χ3n) is 20.7. The summed E-state index contributed by atoms with van der Waals surface area (Å²) in [6, 6.07) is 40.4. The number of hydrogen-bond donors (Lipinski definition) is 0. The minimum absolute atomic E-state index is 0.0224. The summed E-state index contributed by atoms with van der Waals surface area (Å²) in [5.41, 5.74) is 29.3. The van der Waals surface area contributed by atoms with Gasteiger partial charge in [0.05, 0.1) is 11.2 Å². The van der Waals surface area contributed by atoms with Crippen LogP contribution in [0.3, 0.4) is 0 Å². The summed E-state index contributed by atoms with van der Waals surface area (Å²) in [5, 5.41) is 1.42. The highest BCUT2D eigenvalue weighted by Crippen LogP contribution is 2.62. The van der Waals surface area contributed by atoms with Crippen molar-refractivity contribution in [3.8, 4) is 16.9 Å². The SMILES string of the molecule is Cc1cc2c(cc1N1c3cc(N4c5ccc(C(C)(C)C)cc5C5(C)CCCCC45C)ccc3B3c4c1cc(C(C)(C)C)cc4-n1c4c(c5cc(C(C)(C)C)cc3c51)C(C)(C)c1ccccc1-4)C(C)(C)CCC2(C)C. The molecule has 1 fully saturated rings. The molecule has 0 N–H and O–H groups in total. The topological polar surface area (TPSA) is 11.4 Å². The van der Waals surface area contributed by atoms with Crippen LogP contribution in [-0.2, 0) is 37.9 Å². The zero-order chi connectivity index (χ0) is 52.6. The van der Waals surface area contributed by atoms with Gasteiger partial charge in [-0.15, -0.1) is 0 Å². The van der Waals surface area contributed by atoms with E-state index in [4.69, 9.17) is 0 Å². The van der Waals surface area contributed by atoms with Crippen molar-refractivity contribution in [3.63, 3.8) is 0 Å². The molecule has 2 unspecified atom stereocenters. The predicted molar refractivity (Wildman–Crippen MR) is 319 cm³/mol. The highest BCUT2D eigenvalue weighted by Gasteiger charge is 2.58. The smallest absolute Gasteiger partial charge is 0.252 e. The van der Waals surface area contributed by atoms with Crippen molar-refractivity contribution >= 4 is 62.4 Å². The maximum absolute atomic E-state index is 2.83. The van der Waals surface area contributed by atoms with E-state index in [9.17, 15) is 0 Å². The second kappa shape index (κ2) is 14.7. The Morgan fingerprint density at radius 3 is 1.82 bits per heavy atom. The van der Waals surface area contributed by atoms with E-state index in [2.05, 4.69) is 236 Å². The van der Waals surface area contributed by atoms with Crippen LogP contribution in [0, 0.1) is 6.92 Å². The van der Waals surface area contributed by atoms with Gasteiger partial charge < -0.3 is 14.4 Å². The van der Waals surface area contributed by atoms with Crippen molar-refractivity contribution in [1.29, 1.82) is 0 Å². The molecule has 0 amide bonds. The molecule has 1 aromatic heterocycles. The van der Waals surface area contributed by atoms with Crippen molar-refractivity contribution in [2.24, 2.45) is 0 Å². The molecular formula is C70H82BN3. The van der Waals surface area contributed by atoms with Gasteiger partial charge in [-0.05, 0) is 176 Å². The molecule has 2 atom stereocenters. The van der Waals surface area contributed by atoms with Crippen molar-refractivity contribution in [3.05, 3.63) is 147 Å². The Hall–Kier alpha value is -5.48. The molecule has 0 spiro atoms. The average molecular weight is 976 g/mol. The first-order chi connectivity index (χ1) is 34.5. The van der Waals surface area contributed by atoms with Gasteiger partial charge in [-0.25, -0.2) is 0 Å². The van der Waals surface area contributed by atoms with Gasteiger partial charge in [-0.1, -0.05) is 178 Å². The van der Waals surface area contributed by atoms with Crippen molar-refractivity contribution in [1.82, 2.24) is 4.57 Å². The van der Waals surface area contributed by atoms with E-state index in [0.29, 0.717) is 0 Å². The van der Waals surface area contributed by atoms with E-state index in [1.165, 1.54) is 161 Å². The lowest BCUT2D eigenvalue weighted by Gasteiger charge is -2.50. The third-order valence-corrected chi connectivity index (χ3v) is 20.7. The summed E-state index contributed by atoms with van der Waals surface area (Å²) in [4.78, 5) is 5.62. The highest BCUT2D eigenvalue weighted by molar-refractivity contribution is 7.00. The third kappa shape index (κ3) is 6.21. The number of nitrogens with zero attached hydrogens (tertiary/aromatic N) is 3. The zero-order valence-corrected chi connectivity index (χ0v) is 48.4. The quantitative estimate of drug-likeness (QED) is 0.160. The molecule has 4 heterocycles. The van der Waals surface area contributed by atoms with Crippen LogP contribution in [0.1, 0.15) is 206 Å². The molecule has 74 heavy (non-hydrogen) atoms. The standard InChI is InChI=1S/C70H82BN3/c1-41-33-49-50(67(13,14)32-31-66(49,11)12)40-55(41)72-56-39-45(74-54-28-25-42(63(2,3)4)35-51(54)69(17)29-21-22-30-70(69,74)18)26-27-52(56)71-53-36-43(64(5,6)7)34-47-59-62(46-23-19-20-24-48(46)68(59,15)16)73(61(47)53)58-38-44(65(8,9)10)37-57(72)60(58)71/h19-20,23-28,33-40H,21-22,29-32H2,1-18H3. The summed E-state index contributed by atoms with van der Waals surface area (Å²) in [6.07, 6.45) is 7.27. The van der Waals surface area contributed by atoms with Gasteiger partial charge in [-0.2, -0.15) is 0 Å². The lowest BCUT2D eigenvalue weighted by molar-refractivity contribution is 0.195.